The highest BCUT2D eigenvalue weighted by molar-refractivity contribution is 6.04. The molecule has 0 radical (unpaired) electrons. The number of rotatable bonds is 6. The van der Waals surface area contributed by atoms with Crippen LogP contribution in [0.1, 0.15) is 13.3 Å². The van der Waals surface area contributed by atoms with Gasteiger partial charge in [-0.15, -0.1) is 0 Å². The first-order valence-electron chi connectivity index (χ1n) is 8.03. The van der Waals surface area contributed by atoms with E-state index >= 15 is 0 Å². The third-order valence-electron chi connectivity index (χ3n) is 3.93. The number of hydrogen-bond donors (Lipinski definition) is 2. The van der Waals surface area contributed by atoms with E-state index in [1.54, 1.807) is 10.9 Å². The standard InChI is InChI=1S/C17H22N4O2/c1-4-23-12-6-7-14-13(10-12)15-16(19-14)17(22)21(11-18-15)9-5-8-20(2)3/h6-7,10-11,19H,4-5,8-9H2,1-3H3/p+1. The first-order valence-corrected chi connectivity index (χ1v) is 8.03. The van der Waals surface area contributed by atoms with Crippen LogP contribution in [-0.2, 0) is 6.54 Å². The molecule has 6 heteroatoms. The van der Waals surface area contributed by atoms with E-state index in [0.717, 1.165) is 29.6 Å². The molecule has 3 aromatic rings. The van der Waals surface area contributed by atoms with Gasteiger partial charge in [-0.1, -0.05) is 0 Å². The fraction of sp³-hybridized carbons (Fsp3) is 0.412. The maximum absolute atomic E-state index is 12.6. The quantitative estimate of drug-likeness (QED) is 0.707. The highest BCUT2D eigenvalue weighted by Crippen LogP contribution is 2.25. The van der Waals surface area contributed by atoms with E-state index in [4.69, 9.17) is 4.74 Å². The number of hydrogen-bond acceptors (Lipinski definition) is 3. The third-order valence-corrected chi connectivity index (χ3v) is 3.93. The van der Waals surface area contributed by atoms with E-state index in [1.165, 1.54) is 4.90 Å². The summed E-state index contributed by atoms with van der Waals surface area (Å²) in [5.41, 5.74) is 2.16. The van der Waals surface area contributed by atoms with E-state index < -0.39 is 0 Å². The highest BCUT2D eigenvalue weighted by atomic mass is 16.5. The van der Waals surface area contributed by atoms with Gasteiger partial charge in [-0.05, 0) is 25.1 Å². The van der Waals surface area contributed by atoms with Gasteiger partial charge in [0, 0.05) is 23.9 Å². The Morgan fingerprint density at radius 2 is 2.17 bits per heavy atom. The van der Waals surface area contributed by atoms with Crippen molar-refractivity contribution in [2.75, 3.05) is 27.2 Å². The van der Waals surface area contributed by atoms with Crippen LogP contribution in [0.3, 0.4) is 0 Å². The summed E-state index contributed by atoms with van der Waals surface area (Å²) in [5, 5.41) is 0.924. The SMILES string of the molecule is CCOc1ccc2[nH]c3c(=O)n(CCC[NH+](C)C)cnc3c2c1. The van der Waals surface area contributed by atoms with Crippen LogP contribution in [0.2, 0.25) is 0 Å². The largest absolute Gasteiger partial charge is 0.494 e. The number of ether oxygens (including phenoxy) is 1. The van der Waals surface area contributed by atoms with E-state index in [2.05, 4.69) is 24.1 Å². The van der Waals surface area contributed by atoms with E-state index in [-0.39, 0.29) is 5.56 Å². The highest BCUT2D eigenvalue weighted by Gasteiger charge is 2.11. The van der Waals surface area contributed by atoms with Crippen LogP contribution in [0, 0.1) is 0 Å². The molecule has 3 rings (SSSR count). The molecule has 2 aromatic heterocycles. The summed E-state index contributed by atoms with van der Waals surface area (Å²) < 4.78 is 7.22. The lowest BCUT2D eigenvalue weighted by Gasteiger charge is -2.08. The fourth-order valence-electron chi connectivity index (χ4n) is 2.79. The number of H-pyrrole nitrogens is 1. The molecule has 0 bridgehead atoms. The Morgan fingerprint density at radius 1 is 1.35 bits per heavy atom. The molecule has 0 saturated heterocycles. The minimum atomic E-state index is -0.0158. The van der Waals surface area contributed by atoms with Gasteiger partial charge in [-0.2, -0.15) is 0 Å². The third kappa shape index (κ3) is 3.07. The Morgan fingerprint density at radius 3 is 2.91 bits per heavy atom. The molecule has 0 atom stereocenters. The molecule has 23 heavy (non-hydrogen) atoms. The predicted octanol–water partition coefficient (Wildman–Crippen LogP) is 0.811. The van der Waals surface area contributed by atoms with E-state index in [9.17, 15) is 4.79 Å². The lowest BCUT2D eigenvalue weighted by molar-refractivity contribution is -0.858. The summed E-state index contributed by atoms with van der Waals surface area (Å²) in [7, 11) is 4.22. The number of aromatic nitrogens is 3. The molecule has 0 aliphatic carbocycles. The summed E-state index contributed by atoms with van der Waals surface area (Å²) in [6.45, 7) is 4.27. The first-order chi connectivity index (χ1) is 11.1. The average Bonchev–Trinajstić information content (AvgIpc) is 2.88. The fourth-order valence-corrected chi connectivity index (χ4v) is 2.79. The molecule has 0 aliphatic heterocycles. The van der Waals surface area contributed by atoms with Crippen LogP contribution >= 0.6 is 0 Å². The molecule has 2 N–H and O–H groups in total. The van der Waals surface area contributed by atoms with Crippen molar-refractivity contribution < 1.29 is 9.64 Å². The Balaban J connectivity index is 2.01. The number of nitrogens with one attached hydrogen (secondary N) is 2. The number of quaternary nitrogens is 1. The average molecular weight is 315 g/mol. The van der Waals surface area contributed by atoms with Crippen molar-refractivity contribution in [1.82, 2.24) is 14.5 Å². The van der Waals surface area contributed by atoms with Crippen molar-refractivity contribution in [2.45, 2.75) is 19.9 Å². The van der Waals surface area contributed by atoms with Gasteiger partial charge >= 0.3 is 0 Å². The van der Waals surface area contributed by atoms with Crippen molar-refractivity contribution in [3.8, 4) is 5.75 Å². The molecular formula is C17H23N4O2+. The minimum Gasteiger partial charge on any atom is -0.494 e. The van der Waals surface area contributed by atoms with E-state index in [1.807, 2.05) is 25.1 Å². The zero-order valence-electron chi connectivity index (χ0n) is 13.8. The molecule has 0 amide bonds. The van der Waals surface area contributed by atoms with Crippen molar-refractivity contribution >= 4 is 21.9 Å². The maximum atomic E-state index is 12.6. The molecule has 0 unspecified atom stereocenters. The zero-order valence-corrected chi connectivity index (χ0v) is 13.8. The Hall–Kier alpha value is -2.34. The summed E-state index contributed by atoms with van der Waals surface area (Å²) in [6, 6.07) is 5.77. The van der Waals surface area contributed by atoms with Gasteiger partial charge in [0.2, 0.25) is 0 Å². The molecule has 122 valence electrons. The van der Waals surface area contributed by atoms with Crippen molar-refractivity contribution in [1.29, 1.82) is 0 Å². The van der Waals surface area contributed by atoms with Gasteiger partial charge in [0.15, 0.2) is 0 Å². The first kappa shape index (κ1) is 15.6. The van der Waals surface area contributed by atoms with Crippen LogP contribution in [0.4, 0.5) is 0 Å². The zero-order chi connectivity index (χ0) is 16.4. The molecule has 0 aliphatic rings. The molecule has 0 fully saturated rings. The monoisotopic (exact) mass is 315 g/mol. The smallest absolute Gasteiger partial charge is 0.277 e. The normalized spacial score (nSPS) is 11.7. The lowest BCUT2D eigenvalue weighted by atomic mass is 10.2. The number of aryl methyl sites for hydroxylation is 1. The van der Waals surface area contributed by atoms with Crippen molar-refractivity contribution in [3.63, 3.8) is 0 Å². The summed E-state index contributed by atoms with van der Waals surface area (Å²) in [5.74, 6) is 0.792. The van der Waals surface area contributed by atoms with Crippen LogP contribution in [0.25, 0.3) is 21.9 Å². The second-order valence-electron chi connectivity index (χ2n) is 6.04. The second kappa shape index (κ2) is 6.42. The molecule has 1 aromatic carbocycles. The number of fused-ring (bicyclic) bond motifs is 3. The minimum absolute atomic E-state index is 0.0158. The summed E-state index contributed by atoms with van der Waals surface area (Å²) >= 11 is 0. The topological polar surface area (TPSA) is 64.3 Å². The van der Waals surface area contributed by atoms with Gasteiger partial charge in [-0.3, -0.25) is 9.36 Å². The van der Waals surface area contributed by atoms with Gasteiger partial charge in [0.25, 0.3) is 5.56 Å². The van der Waals surface area contributed by atoms with Crippen LogP contribution in [-0.4, -0.2) is 41.8 Å². The molecule has 0 saturated carbocycles. The van der Waals surface area contributed by atoms with Crippen molar-refractivity contribution in [2.24, 2.45) is 0 Å². The second-order valence-corrected chi connectivity index (χ2v) is 6.04. The van der Waals surface area contributed by atoms with Gasteiger partial charge in [0.1, 0.15) is 16.8 Å². The number of benzene rings is 1. The van der Waals surface area contributed by atoms with Crippen molar-refractivity contribution in [3.05, 3.63) is 34.9 Å². The number of aromatic amines is 1. The predicted molar refractivity (Wildman–Crippen MR) is 91.3 cm³/mol. The molecular weight excluding hydrogens is 292 g/mol. The lowest BCUT2D eigenvalue weighted by Crippen LogP contribution is -3.05. The Labute approximate surface area is 134 Å². The summed E-state index contributed by atoms with van der Waals surface area (Å²) in [6.07, 6.45) is 2.60. The molecule has 0 spiro atoms. The molecule has 2 heterocycles. The van der Waals surface area contributed by atoms with Crippen LogP contribution in [0.5, 0.6) is 5.75 Å². The number of nitrogens with zero attached hydrogens (tertiary/aromatic N) is 2. The Kier molecular flexibility index (Phi) is 4.34. The molecule has 6 nitrogen and oxygen atoms in total. The van der Waals surface area contributed by atoms with Gasteiger partial charge < -0.3 is 14.6 Å². The summed E-state index contributed by atoms with van der Waals surface area (Å²) in [4.78, 5) is 21.7. The van der Waals surface area contributed by atoms with Crippen LogP contribution < -0.4 is 15.2 Å². The van der Waals surface area contributed by atoms with Gasteiger partial charge in [-0.25, -0.2) is 4.98 Å². The maximum Gasteiger partial charge on any atom is 0.277 e. The van der Waals surface area contributed by atoms with Crippen LogP contribution in [0.15, 0.2) is 29.3 Å². The Bertz CT molecular complexity index is 879. The van der Waals surface area contributed by atoms with E-state index in [0.29, 0.717) is 24.2 Å². The van der Waals surface area contributed by atoms with Gasteiger partial charge in [0.05, 0.1) is 33.6 Å².